The number of nitrogens with zero attached hydrogens (tertiary/aromatic N) is 2. The number of rotatable bonds is 4. The molecule has 0 bridgehead atoms. The van der Waals surface area contributed by atoms with Crippen LogP contribution in [-0.4, -0.2) is 17.4 Å². The van der Waals surface area contributed by atoms with Crippen LogP contribution < -0.4 is 10.2 Å². The highest BCUT2D eigenvalue weighted by atomic mass is 16.1. The molecule has 0 saturated heterocycles. The topological polar surface area (TPSA) is 45.2 Å². The third-order valence-electron chi connectivity index (χ3n) is 4.49. The van der Waals surface area contributed by atoms with E-state index in [1.807, 2.05) is 30.3 Å². The van der Waals surface area contributed by atoms with E-state index in [0.717, 1.165) is 19.5 Å². The van der Waals surface area contributed by atoms with Crippen molar-refractivity contribution in [3.05, 3.63) is 89.7 Å². The molecule has 1 aromatic heterocycles. The third kappa shape index (κ3) is 3.38. The molecule has 4 rings (SSSR count). The number of aromatic nitrogens is 1. The van der Waals surface area contributed by atoms with Crippen LogP contribution in [-0.2, 0) is 13.0 Å². The van der Waals surface area contributed by atoms with Gasteiger partial charge in [-0.25, -0.2) is 0 Å². The van der Waals surface area contributed by atoms with Gasteiger partial charge in [0, 0.05) is 30.5 Å². The van der Waals surface area contributed by atoms with Gasteiger partial charge in [0.25, 0.3) is 5.91 Å². The fourth-order valence-corrected chi connectivity index (χ4v) is 3.19. The Labute approximate surface area is 147 Å². The smallest absolute Gasteiger partial charge is 0.255 e. The minimum Gasteiger partial charge on any atom is -0.367 e. The first kappa shape index (κ1) is 15.4. The summed E-state index contributed by atoms with van der Waals surface area (Å²) in [5.41, 5.74) is 5.28. The summed E-state index contributed by atoms with van der Waals surface area (Å²) in [5.74, 6) is -0.119. The van der Waals surface area contributed by atoms with Gasteiger partial charge in [0.15, 0.2) is 0 Å². The van der Waals surface area contributed by atoms with Gasteiger partial charge in [-0.05, 0) is 47.9 Å². The van der Waals surface area contributed by atoms with Crippen LogP contribution in [0.25, 0.3) is 0 Å². The van der Waals surface area contributed by atoms with Gasteiger partial charge in [-0.1, -0.05) is 30.3 Å². The van der Waals surface area contributed by atoms with E-state index in [1.165, 1.54) is 16.8 Å². The molecule has 0 spiro atoms. The average molecular weight is 329 g/mol. The lowest BCUT2D eigenvalue weighted by atomic mass is 10.1. The predicted molar refractivity (Wildman–Crippen MR) is 99.8 cm³/mol. The molecule has 3 aromatic rings. The average Bonchev–Trinajstić information content (AvgIpc) is 3.06. The van der Waals surface area contributed by atoms with E-state index >= 15 is 0 Å². The molecule has 2 aromatic carbocycles. The molecule has 1 amide bonds. The Morgan fingerprint density at radius 1 is 1.04 bits per heavy atom. The Hall–Kier alpha value is -3.14. The highest BCUT2D eigenvalue weighted by Crippen LogP contribution is 2.28. The standard InChI is InChI=1S/C21H19N3O/c25-21(23-19-5-3-12-22-14-19)18-9-7-16(8-10-18)15-24-13-11-17-4-1-2-6-20(17)24/h1-10,12,14H,11,13,15H2,(H,23,25). The van der Waals surface area contributed by atoms with Crippen LogP contribution in [0.2, 0.25) is 0 Å². The van der Waals surface area contributed by atoms with E-state index in [-0.39, 0.29) is 5.91 Å². The zero-order valence-corrected chi connectivity index (χ0v) is 13.9. The minimum atomic E-state index is -0.119. The Balaban J connectivity index is 1.43. The number of hydrogen-bond donors (Lipinski definition) is 1. The van der Waals surface area contributed by atoms with E-state index in [0.29, 0.717) is 11.3 Å². The number of nitrogens with one attached hydrogen (secondary N) is 1. The summed E-state index contributed by atoms with van der Waals surface area (Å²) >= 11 is 0. The van der Waals surface area contributed by atoms with Crippen LogP contribution in [0.4, 0.5) is 11.4 Å². The lowest BCUT2D eigenvalue weighted by molar-refractivity contribution is 0.102. The Morgan fingerprint density at radius 2 is 1.88 bits per heavy atom. The van der Waals surface area contributed by atoms with Gasteiger partial charge in [-0.3, -0.25) is 9.78 Å². The number of carbonyl (C=O) groups is 1. The quantitative estimate of drug-likeness (QED) is 0.790. The van der Waals surface area contributed by atoms with Crippen LogP contribution in [0.15, 0.2) is 73.1 Å². The molecular weight excluding hydrogens is 310 g/mol. The van der Waals surface area contributed by atoms with Crippen LogP contribution in [0.5, 0.6) is 0 Å². The maximum atomic E-state index is 12.3. The second-order valence-corrected chi connectivity index (χ2v) is 6.19. The highest BCUT2D eigenvalue weighted by Gasteiger charge is 2.18. The summed E-state index contributed by atoms with van der Waals surface area (Å²) < 4.78 is 0. The van der Waals surface area contributed by atoms with Crippen LogP contribution in [0.1, 0.15) is 21.5 Å². The normalized spacial score (nSPS) is 12.7. The monoisotopic (exact) mass is 329 g/mol. The van der Waals surface area contributed by atoms with Crippen molar-refractivity contribution in [1.29, 1.82) is 0 Å². The fraction of sp³-hybridized carbons (Fsp3) is 0.143. The molecule has 4 nitrogen and oxygen atoms in total. The molecule has 0 radical (unpaired) electrons. The van der Waals surface area contributed by atoms with Gasteiger partial charge in [-0.15, -0.1) is 0 Å². The number of hydrogen-bond acceptors (Lipinski definition) is 3. The van der Waals surface area contributed by atoms with Crippen molar-refractivity contribution in [1.82, 2.24) is 4.98 Å². The fourth-order valence-electron chi connectivity index (χ4n) is 3.19. The minimum absolute atomic E-state index is 0.119. The lowest BCUT2D eigenvalue weighted by Gasteiger charge is -2.19. The Bertz CT molecular complexity index is 875. The summed E-state index contributed by atoms with van der Waals surface area (Å²) in [6, 6.07) is 20.0. The molecule has 1 aliphatic heterocycles. The number of benzene rings is 2. The van der Waals surface area contributed by atoms with Crippen molar-refractivity contribution in [2.24, 2.45) is 0 Å². The van der Waals surface area contributed by atoms with Crippen molar-refractivity contribution < 1.29 is 4.79 Å². The molecule has 0 aliphatic carbocycles. The number of carbonyl (C=O) groups excluding carboxylic acids is 1. The maximum absolute atomic E-state index is 12.3. The maximum Gasteiger partial charge on any atom is 0.255 e. The van der Waals surface area contributed by atoms with Gasteiger partial charge in [-0.2, -0.15) is 0 Å². The molecule has 0 saturated carbocycles. The van der Waals surface area contributed by atoms with E-state index in [2.05, 4.69) is 39.5 Å². The summed E-state index contributed by atoms with van der Waals surface area (Å²) in [6.45, 7) is 1.91. The molecule has 1 N–H and O–H groups in total. The number of amides is 1. The van der Waals surface area contributed by atoms with E-state index in [1.54, 1.807) is 18.5 Å². The van der Waals surface area contributed by atoms with Gasteiger partial charge in [0.05, 0.1) is 11.9 Å². The lowest BCUT2D eigenvalue weighted by Crippen LogP contribution is -2.19. The van der Waals surface area contributed by atoms with Gasteiger partial charge >= 0.3 is 0 Å². The SMILES string of the molecule is O=C(Nc1cccnc1)c1ccc(CN2CCc3ccccc32)cc1. The number of anilines is 2. The van der Waals surface area contributed by atoms with Crippen LogP contribution >= 0.6 is 0 Å². The largest absolute Gasteiger partial charge is 0.367 e. The van der Waals surface area contributed by atoms with Gasteiger partial charge in [0.2, 0.25) is 0 Å². The Morgan fingerprint density at radius 3 is 2.68 bits per heavy atom. The van der Waals surface area contributed by atoms with Crippen LogP contribution in [0, 0.1) is 0 Å². The van der Waals surface area contributed by atoms with Crippen molar-refractivity contribution in [2.75, 3.05) is 16.8 Å². The van der Waals surface area contributed by atoms with Crippen molar-refractivity contribution in [3.8, 4) is 0 Å². The van der Waals surface area contributed by atoms with Crippen LogP contribution in [0.3, 0.4) is 0 Å². The number of fused-ring (bicyclic) bond motifs is 1. The zero-order chi connectivity index (χ0) is 17.1. The molecule has 124 valence electrons. The summed E-state index contributed by atoms with van der Waals surface area (Å²) in [5, 5.41) is 2.85. The molecule has 2 heterocycles. The molecule has 25 heavy (non-hydrogen) atoms. The first-order chi connectivity index (χ1) is 12.3. The summed E-state index contributed by atoms with van der Waals surface area (Å²) in [4.78, 5) is 18.7. The van der Waals surface area contributed by atoms with E-state index in [4.69, 9.17) is 0 Å². The second kappa shape index (κ2) is 6.77. The molecular formula is C21H19N3O. The van der Waals surface area contributed by atoms with Crippen molar-refractivity contribution in [2.45, 2.75) is 13.0 Å². The van der Waals surface area contributed by atoms with E-state index < -0.39 is 0 Å². The molecule has 1 aliphatic rings. The van der Waals surface area contributed by atoms with Crippen molar-refractivity contribution >= 4 is 17.3 Å². The molecule has 4 heteroatoms. The van der Waals surface area contributed by atoms with Crippen molar-refractivity contribution in [3.63, 3.8) is 0 Å². The number of para-hydroxylation sites is 1. The first-order valence-corrected chi connectivity index (χ1v) is 8.43. The third-order valence-corrected chi connectivity index (χ3v) is 4.49. The molecule has 0 unspecified atom stereocenters. The second-order valence-electron chi connectivity index (χ2n) is 6.19. The number of pyridine rings is 1. The molecule has 0 fully saturated rings. The highest BCUT2D eigenvalue weighted by molar-refractivity contribution is 6.04. The molecule has 0 atom stereocenters. The van der Waals surface area contributed by atoms with Gasteiger partial charge in [0.1, 0.15) is 0 Å². The van der Waals surface area contributed by atoms with E-state index in [9.17, 15) is 4.79 Å². The first-order valence-electron chi connectivity index (χ1n) is 8.43. The predicted octanol–water partition coefficient (Wildman–Crippen LogP) is 3.90. The Kier molecular flexibility index (Phi) is 4.17. The zero-order valence-electron chi connectivity index (χ0n) is 13.9. The summed E-state index contributed by atoms with van der Waals surface area (Å²) in [7, 11) is 0. The van der Waals surface area contributed by atoms with Gasteiger partial charge < -0.3 is 10.2 Å². The summed E-state index contributed by atoms with van der Waals surface area (Å²) in [6.07, 6.45) is 4.42.